The van der Waals surface area contributed by atoms with Gasteiger partial charge in [0.1, 0.15) is 0 Å². The molecule has 0 N–H and O–H groups in total. The van der Waals surface area contributed by atoms with Gasteiger partial charge in [-0.3, -0.25) is 0 Å². The number of hydrogen-bond acceptors (Lipinski definition) is 2. The number of fused-ring (bicyclic) bond motifs is 1. The number of aryl methyl sites for hydroxylation is 1. The molecule has 1 aliphatic carbocycles. The second-order valence-corrected chi connectivity index (χ2v) is 4.54. The van der Waals surface area contributed by atoms with Gasteiger partial charge in [-0.25, -0.2) is 0 Å². The second kappa shape index (κ2) is 6.48. The van der Waals surface area contributed by atoms with Crippen LogP contribution in [-0.2, 0) is 6.42 Å². The Morgan fingerprint density at radius 1 is 1.06 bits per heavy atom. The summed E-state index contributed by atoms with van der Waals surface area (Å²) in [7, 11) is 0. The van der Waals surface area contributed by atoms with Gasteiger partial charge in [0.05, 0.1) is 13.2 Å². The van der Waals surface area contributed by atoms with Crippen molar-refractivity contribution >= 4 is 6.08 Å². The summed E-state index contributed by atoms with van der Waals surface area (Å²) in [4.78, 5) is 0. The molecule has 0 saturated carbocycles. The highest BCUT2D eigenvalue weighted by Crippen LogP contribution is 2.34. The summed E-state index contributed by atoms with van der Waals surface area (Å²) in [6.07, 6.45) is 9.38. The Morgan fingerprint density at radius 3 is 2.39 bits per heavy atom. The fourth-order valence-electron chi connectivity index (χ4n) is 2.01. The van der Waals surface area contributed by atoms with Gasteiger partial charge in [-0.1, -0.05) is 19.9 Å². The van der Waals surface area contributed by atoms with Crippen molar-refractivity contribution in [3.05, 3.63) is 29.3 Å². The van der Waals surface area contributed by atoms with Gasteiger partial charge in [0, 0.05) is 0 Å². The Balaban J connectivity index is 2.26. The molecule has 1 aromatic rings. The highest BCUT2D eigenvalue weighted by atomic mass is 16.5. The largest absolute Gasteiger partial charge is 0.490 e. The van der Waals surface area contributed by atoms with Gasteiger partial charge in [-0.2, -0.15) is 0 Å². The summed E-state index contributed by atoms with van der Waals surface area (Å²) >= 11 is 0. The quantitative estimate of drug-likeness (QED) is 0.753. The molecular formula is C16H21O2. The summed E-state index contributed by atoms with van der Waals surface area (Å²) in [6, 6.07) is 4.22. The van der Waals surface area contributed by atoms with E-state index < -0.39 is 0 Å². The lowest BCUT2D eigenvalue weighted by Gasteiger charge is -2.17. The molecule has 0 spiro atoms. The molecule has 0 unspecified atom stereocenters. The third kappa shape index (κ3) is 3.06. The zero-order chi connectivity index (χ0) is 12.8. The number of benzene rings is 1. The molecule has 18 heavy (non-hydrogen) atoms. The van der Waals surface area contributed by atoms with E-state index in [-0.39, 0.29) is 0 Å². The summed E-state index contributed by atoms with van der Waals surface area (Å²) in [6.45, 7) is 5.69. The molecular weight excluding hydrogens is 224 g/mol. The van der Waals surface area contributed by atoms with Crippen LogP contribution in [0.4, 0.5) is 0 Å². The normalized spacial score (nSPS) is 13.2. The van der Waals surface area contributed by atoms with Crippen LogP contribution in [0.25, 0.3) is 6.08 Å². The van der Waals surface area contributed by atoms with Crippen molar-refractivity contribution in [3.63, 3.8) is 0 Å². The van der Waals surface area contributed by atoms with Crippen molar-refractivity contribution in [2.45, 2.75) is 39.5 Å². The first kappa shape index (κ1) is 13.0. The van der Waals surface area contributed by atoms with Crippen LogP contribution in [0.2, 0.25) is 0 Å². The van der Waals surface area contributed by atoms with Crippen molar-refractivity contribution in [1.29, 1.82) is 0 Å². The van der Waals surface area contributed by atoms with Crippen molar-refractivity contribution in [2.24, 2.45) is 0 Å². The molecule has 2 heteroatoms. The molecule has 0 fully saturated rings. The van der Waals surface area contributed by atoms with Gasteiger partial charge in [0.15, 0.2) is 11.5 Å². The van der Waals surface area contributed by atoms with Crippen molar-refractivity contribution in [2.75, 3.05) is 13.2 Å². The van der Waals surface area contributed by atoms with Crippen LogP contribution < -0.4 is 9.47 Å². The Hall–Kier alpha value is -1.44. The molecule has 0 aliphatic heterocycles. The van der Waals surface area contributed by atoms with Gasteiger partial charge < -0.3 is 9.47 Å². The van der Waals surface area contributed by atoms with Gasteiger partial charge in [0.25, 0.3) is 0 Å². The number of allylic oxidation sites excluding steroid dienone is 1. The van der Waals surface area contributed by atoms with Gasteiger partial charge in [-0.15, -0.1) is 0 Å². The molecule has 0 heterocycles. The summed E-state index contributed by atoms with van der Waals surface area (Å²) in [5, 5.41) is 0. The molecule has 2 rings (SSSR count). The minimum absolute atomic E-state index is 0.731. The van der Waals surface area contributed by atoms with Crippen LogP contribution in [-0.4, -0.2) is 13.2 Å². The fourth-order valence-corrected chi connectivity index (χ4v) is 2.01. The second-order valence-electron chi connectivity index (χ2n) is 4.54. The van der Waals surface area contributed by atoms with Crippen LogP contribution in [0, 0.1) is 6.08 Å². The van der Waals surface area contributed by atoms with Crippen LogP contribution in [0.5, 0.6) is 11.5 Å². The molecule has 1 aromatic carbocycles. The molecule has 1 aliphatic rings. The third-order valence-electron chi connectivity index (χ3n) is 2.93. The van der Waals surface area contributed by atoms with Crippen LogP contribution >= 0.6 is 0 Å². The van der Waals surface area contributed by atoms with E-state index in [9.17, 15) is 0 Å². The maximum absolute atomic E-state index is 5.79. The maximum atomic E-state index is 5.79. The predicted molar refractivity (Wildman–Crippen MR) is 74.0 cm³/mol. The van der Waals surface area contributed by atoms with E-state index in [2.05, 4.69) is 38.1 Å². The first-order valence-electron chi connectivity index (χ1n) is 6.84. The van der Waals surface area contributed by atoms with E-state index in [4.69, 9.17) is 9.47 Å². The third-order valence-corrected chi connectivity index (χ3v) is 2.93. The van der Waals surface area contributed by atoms with E-state index >= 15 is 0 Å². The lowest BCUT2D eigenvalue weighted by Crippen LogP contribution is -2.04. The van der Waals surface area contributed by atoms with Gasteiger partial charge in [0.2, 0.25) is 0 Å². The highest BCUT2D eigenvalue weighted by Gasteiger charge is 2.12. The zero-order valence-corrected chi connectivity index (χ0v) is 11.3. The molecule has 0 bridgehead atoms. The SMILES string of the molecule is CCCOc1cc2c(cc1OCCC)CC[C]=C2. The monoisotopic (exact) mass is 245 g/mol. The molecule has 0 atom stereocenters. The van der Waals surface area contributed by atoms with E-state index in [0.29, 0.717) is 0 Å². The van der Waals surface area contributed by atoms with Crippen LogP contribution in [0.1, 0.15) is 44.2 Å². The number of hydrogen-bond donors (Lipinski definition) is 0. The molecule has 0 amide bonds. The summed E-state index contributed by atoms with van der Waals surface area (Å²) in [5.74, 6) is 1.75. The summed E-state index contributed by atoms with van der Waals surface area (Å²) < 4.78 is 11.6. The van der Waals surface area contributed by atoms with Crippen molar-refractivity contribution in [1.82, 2.24) is 0 Å². The van der Waals surface area contributed by atoms with E-state index in [1.165, 1.54) is 11.1 Å². The van der Waals surface area contributed by atoms with Gasteiger partial charge in [-0.05, 0) is 55.0 Å². The Morgan fingerprint density at radius 2 is 1.72 bits per heavy atom. The van der Waals surface area contributed by atoms with Crippen molar-refractivity contribution in [3.8, 4) is 11.5 Å². The molecule has 1 radical (unpaired) electrons. The maximum Gasteiger partial charge on any atom is 0.161 e. The van der Waals surface area contributed by atoms with Crippen LogP contribution in [0.3, 0.4) is 0 Å². The zero-order valence-electron chi connectivity index (χ0n) is 11.3. The summed E-state index contributed by atoms with van der Waals surface area (Å²) in [5.41, 5.74) is 2.56. The average Bonchev–Trinajstić information content (AvgIpc) is 2.42. The molecule has 97 valence electrons. The highest BCUT2D eigenvalue weighted by molar-refractivity contribution is 5.61. The smallest absolute Gasteiger partial charge is 0.161 e. The standard InChI is InChI=1S/C16H21O2/c1-3-9-17-15-11-13-7-5-6-8-14(13)12-16(15)18-10-4-2/h8,11-12H,3-5,7,9-10H2,1-2H3. The predicted octanol–water partition coefficient (Wildman–Crippen LogP) is 4.03. The van der Waals surface area contributed by atoms with Crippen LogP contribution in [0.15, 0.2) is 12.1 Å². The van der Waals surface area contributed by atoms with E-state index in [1.54, 1.807) is 0 Å². The Bertz CT molecular complexity index is 421. The Kier molecular flexibility index (Phi) is 4.68. The number of ether oxygens (including phenoxy) is 2. The average molecular weight is 245 g/mol. The lowest BCUT2D eigenvalue weighted by molar-refractivity contribution is 0.268. The molecule has 0 aromatic heterocycles. The number of rotatable bonds is 6. The Labute approximate surface area is 110 Å². The van der Waals surface area contributed by atoms with Gasteiger partial charge >= 0.3 is 0 Å². The molecule has 2 nitrogen and oxygen atoms in total. The fraction of sp³-hybridized carbons (Fsp3) is 0.500. The first-order valence-corrected chi connectivity index (χ1v) is 6.84. The topological polar surface area (TPSA) is 18.5 Å². The minimum Gasteiger partial charge on any atom is -0.490 e. The van der Waals surface area contributed by atoms with E-state index in [0.717, 1.165) is 50.4 Å². The first-order chi connectivity index (χ1) is 8.85. The van der Waals surface area contributed by atoms with E-state index in [1.807, 2.05) is 0 Å². The minimum atomic E-state index is 0.731. The van der Waals surface area contributed by atoms with Crippen molar-refractivity contribution < 1.29 is 9.47 Å². The molecule has 0 saturated heterocycles. The lowest BCUT2D eigenvalue weighted by atomic mass is 9.97.